The SMILES string of the molecule is COCCn1c(SCC(=O)N(C)Cc2ccc(F)cc2)nc2ccc(Br)cc2c1=O. The van der Waals surface area contributed by atoms with Gasteiger partial charge in [-0.25, -0.2) is 9.37 Å². The number of fused-ring (bicyclic) bond motifs is 1. The summed E-state index contributed by atoms with van der Waals surface area (Å²) in [5.41, 5.74) is 1.24. The van der Waals surface area contributed by atoms with Crippen LogP contribution < -0.4 is 5.56 Å². The number of aromatic nitrogens is 2. The van der Waals surface area contributed by atoms with Crippen molar-refractivity contribution in [3.8, 4) is 0 Å². The molecule has 0 unspecified atom stereocenters. The van der Waals surface area contributed by atoms with E-state index in [0.29, 0.717) is 35.8 Å². The van der Waals surface area contributed by atoms with Gasteiger partial charge in [-0.2, -0.15) is 0 Å². The topological polar surface area (TPSA) is 64.4 Å². The molecule has 0 N–H and O–H groups in total. The Morgan fingerprint density at radius 1 is 1.27 bits per heavy atom. The van der Waals surface area contributed by atoms with Gasteiger partial charge in [0.1, 0.15) is 5.82 Å². The summed E-state index contributed by atoms with van der Waals surface area (Å²) in [5.74, 6) is -0.307. The van der Waals surface area contributed by atoms with Gasteiger partial charge in [0.05, 0.1) is 29.8 Å². The Hall–Kier alpha value is -2.23. The van der Waals surface area contributed by atoms with Gasteiger partial charge in [-0.3, -0.25) is 14.2 Å². The fourth-order valence-corrected chi connectivity index (χ4v) is 4.18. The summed E-state index contributed by atoms with van der Waals surface area (Å²) >= 11 is 4.60. The number of hydrogen-bond acceptors (Lipinski definition) is 5. The molecule has 0 aliphatic carbocycles. The largest absolute Gasteiger partial charge is 0.383 e. The number of ether oxygens (including phenoxy) is 1. The van der Waals surface area contributed by atoms with Crippen LogP contribution in [0, 0.1) is 5.82 Å². The highest BCUT2D eigenvalue weighted by atomic mass is 79.9. The van der Waals surface area contributed by atoms with Gasteiger partial charge in [-0.05, 0) is 35.9 Å². The van der Waals surface area contributed by atoms with Crippen LogP contribution in [0.1, 0.15) is 5.56 Å². The molecule has 6 nitrogen and oxygen atoms in total. The zero-order chi connectivity index (χ0) is 21.7. The minimum atomic E-state index is -0.313. The van der Waals surface area contributed by atoms with Gasteiger partial charge >= 0.3 is 0 Å². The Morgan fingerprint density at radius 3 is 2.70 bits per heavy atom. The van der Waals surface area contributed by atoms with Crippen LogP contribution in [0.4, 0.5) is 4.39 Å². The first kappa shape index (κ1) is 22.5. The minimum Gasteiger partial charge on any atom is -0.383 e. The lowest BCUT2D eigenvalue weighted by atomic mass is 10.2. The van der Waals surface area contributed by atoms with Crippen molar-refractivity contribution in [1.29, 1.82) is 0 Å². The first-order valence-corrected chi connectivity index (χ1v) is 11.0. The number of carbonyl (C=O) groups excluding carboxylic acids is 1. The lowest BCUT2D eigenvalue weighted by Gasteiger charge is -2.18. The normalized spacial score (nSPS) is 11.1. The molecule has 1 aromatic heterocycles. The maximum atomic E-state index is 13.1. The van der Waals surface area contributed by atoms with Gasteiger partial charge in [0.15, 0.2) is 5.16 Å². The van der Waals surface area contributed by atoms with Crippen molar-refractivity contribution < 1.29 is 13.9 Å². The highest BCUT2D eigenvalue weighted by Crippen LogP contribution is 2.21. The fraction of sp³-hybridized carbons (Fsp3) is 0.286. The van der Waals surface area contributed by atoms with Gasteiger partial charge in [-0.1, -0.05) is 39.8 Å². The zero-order valence-corrected chi connectivity index (χ0v) is 19.0. The Labute approximate surface area is 186 Å². The van der Waals surface area contributed by atoms with Crippen LogP contribution in [0.2, 0.25) is 0 Å². The second kappa shape index (κ2) is 10.2. The summed E-state index contributed by atoms with van der Waals surface area (Å²) in [6.45, 7) is 1.06. The molecular weight excluding hydrogens is 473 g/mol. The molecule has 0 spiro atoms. The van der Waals surface area contributed by atoms with E-state index in [-0.39, 0.29) is 23.0 Å². The molecule has 0 atom stereocenters. The molecular formula is C21H21BrFN3O3S. The zero-order valence-electron chi connectivity index (χ0n) is 16.6. The smallest absolute Gasteiger partial charge is 0.262 e. The number of hydrogen-bond donors (Lipinski definition) is 0. The summed E-state index contributed by atoms with van der Waals surface area (Å²) < 4.78 is 20.5. The second-order valence-electron chi connectivity index (χ2n) is 6.67. The number of thioether (sulfide) groups is 1. The molecule has 0 radical (unpaired) electrons. The van der Waals surface area contributed by atoms with Gasteiger partial charge in [-0.15, -0.1) is 0 Å². The average Bonchev–Trinajstić information content (AvgIpc) is 2.73. The number of carbonyl (C=O) groups is 1. The van der Waals surface area contributed by atoms with Crippen molar-refractivity contribution in [2.45, 2.75) is 18.2 Å². The number of halogens is 2. The van der Waals surface area contributed by atoms with E-state index >= 15 is 0 Å². The van der Waals surface area contributed by atoms with Crippen molar-refractivity contribution in [3.05, 3.63) is 68.7 Å². The monoisotopic (exact) mass is 493 g/mol. The maximum Gasteiger partial charge on any atom is 0.262 e. The van der Waals surface area contributed by atoms with E-state index in [4.69, 9.17) is 4.74 Å². The van der Waals surface area contributed by atoms with Crippen molar-refractivity contribution in [2.24, 2.45) is 0 Å². The van der Waals surface area contributed by atoms with Crippen LogP contribution in [0.5, 0.6) is 0 Å². The van der Waals surface area contributed by atoms with Crippen LogP contribution in [0.15, 0.2) is 56.9 Å². The Kier molecular flexibility index (Phi) is 7.63. The van der Waals surface area contributed by atoms with E-state index in [1.54, 1.807) is 43.3 Å². The predicted molar refractivity (Wildman–Crippen MR) is 119 cm³/mol. The fourth-order valence-electron chi connectivity index (χ4n) is 2.85. The average molecular weight is 494 g/mol. The number of rotatable bonds is 8. The molecule has 1 heterocycles. The highest BCUT2D eigenvalue weighted by molar-refractivity contribution is 9.10. The molecule has 0 saturated carbocycles. The van der Waals surface area contributed by atoms with Crippen molar-refractivity contribution in [3.63, 3.8) is 0 Å². The molecule has 0 aliphatic rings. The molecule has 9 heteroatoms. The van der Waals surface area contributed by atoms with Crippen LogP contribution in [0.3, 0.4) is 0 Å². The Balaban J connectivity index is 1.78. The lowest BCUT2D eigenvalue weighted by Crippen LogP contribution is -2.29. The molecule has 0 aliphatic heterocycles. The summed E-state index contributed by atoms with van der Waals surface area (Å²) in [4.78, 5) is 31.7. The third-order valence-electron chi connectivity index (χ3n) is 4.48. The molecule has 2 aromatic carbocycles. The third-order valence-corrected chi connectivity index (χ3v) is 5.94. The second-order valence-corrected chi connectivity index (χ2v) is 8.53. The number of nitrogens with zero attached hydrogens (tertiary/aromatic N) is 3. The molecule has 3 rings (SSSR count). The molecule has 1 amide bonds. The van der Waals surface area contributed by atoms with Crippen molar-refractivity contribution in [1.82, 2.24) is 14.5 Å². The quantitative estimate of drug-likeness (QED) is 0.353. The maximum absolute atomic E-state index is 13.1. The van der Waals surface area contributed by atoms with Gasteiger partial charge in [0.25, 0.3) is 5.56 Å². The van der Waals surface area contributed by atoms with Crippen molar-refractivity contribution in [2.75, 3.05) is 26.5 Å². The van der Waals surface area contributed by atoms with E-state index in [2.05, 4.69) is 20.9 Å². The van der Waals surface area contributed by atoms with Gasteiger partial charge in [0, 0.05) is 25.2 Å². The van der Waals surface area contributed by atoms with Crippen LogP contribution in [0.25, 0.3) is 10.9 Å². The standard InChI is InChI=1S/C21H21BrFN3O3S/c1-25(12-14-3-6-16(23)7-4-14)19(27)13-30-21-24-18-8-5-15(22)11-17(18)20(28)26(21)9-10-29-2/h3-8,11H,9-10,12-13H2,1-2H3. The van der Waals surface area contributed by atoms with Crippen LogP contribution in [-0.4, -0.2) is 46.9 Å². The van der Waals surface area contributed by atoms with E-state index in [9.17, 15) is 14.0 Å². The molecule has 30 heavy (non-hydrogen) atoms. The van der Waals surface area contributed by atoms with Crippen molar-refractivity contribution >= 4 is 44.5 Å². The molecule has 0 bridgehead atoms. The molecule has 3 aromatic rings. The number of amides is 1. The van der Waals surface area contributed by atoms with Gasteiger partial charge < -0.3 is 9.64 Å². The molecule has 0 fully saturated rings. The van der Waals surface area contributed by atoms with E-state index in [1.807, 2.05) is 6.07 Å². The summed E-state index contributed by atoms with van der Waals surface area (Å²) in [6, 6.07) is 11.4. The molecule has 158 valence electrons. The highest BCUT2D eigenvalue weighted by Gasteiger charge is 2.16. The predicted octanol–water partition coefficient (Wildman–Crippen LogP) is 3.70. The summed E-state index contributed by atoms with van der Waals surface area (Å²) in [5, 5.41) is 0.972. The Morgan fingerprint density at radius 2 is 2.00 bits per heavy atom. The van der Waals surface area contributed by atoms with E-state index in [1.165, 1.54) is 28.5 Å². The first-order valence-electron chi connectivity index (χ1n) is 9.19. The van der Waals surface area contributed by atoms with E-state index in [0.717, 1.165) is 10.0 Å². The van der Waals surface area contributed by atoms with Crippen LogP contribution in [-0.2, 0) is 22.6 Å². The van der Waals surface area contributed by atoms with E-state index < -0.39 is 0 Å². The van der Waals surface area contributed by atoms with Crippen LogP contribution >= 0.6 is 27.7 Å². The number of benzene rings is 2. The Bertz CT molecular complexity index is 1110. The summed E-state index contributed by atoms with van der Waals surface area (Å²) in [7, 11) is 3.26. The minimum absolute atomic E-state index is 0.118. The van der Waals surface area contributed by atoms with Gasteiger partial charge in [0.2, 0.25) is 5.91 Å². The number of methoxy groups -OCH3 is 1. The summed E-state index contributed by atoms with van der Waals surface area (Å²) in [6.07, 6.45) is 0. The first-order chi connectivity index (χ1) is 14.4. The third kappa shape index (κ3) is 5.47. The lowest BCUT2D eigenvalue weighted by molar-refractivity contribution is -0.127. The molecule has 0 saturated heterocycles.